The number of methoxy groups -OCH3 is 1. The Morgan fingerprint density at radius 2 is 1.85 bits per heavy atom. The number of nitro benzene ring substituents is 1. The normalized spacial score (nSPS) is 12.7. The summed E-state index contributed by atoms with van der Waals surface area (Å²) in [7, 11) is 1.51. The van der Waals surface area contributed by atoms with Gasteiger partial charge in [-0.2, -0.15) is 0 Å². The van der Waals surface area contributed by atoms with E-state index in [1.165, 1.54) is 19.2 Å². The molecule has 132 valence electrons. The highest BCUT2D eigenvalue weighted by molar-refractivity contribution is 6.24. The minimum absolute atomic E-state index is 0.0820. The second-order valence-corrected chi connectivity index (χ2v) is 5.43. The van der Waals surface area contributed by atoms with Crippen molar-refractivity contribution in [2.24, 2.45) is 0 Å². The van der Waals surface area contributed by atoms with Crippen molar-refractivity contribution in [2.45, 2.75) is 0 Å². The van der Waals surface area contributed by atoms with Crippen LogP contribution in [-0.4, -0.2) is 41.2 Å². The monoisotopic (exact) mass is 355 g/mol. The molecule has 2 aromatic rings. The van der Waals surface area contributed by atoms with E-state index in [1.54, 1.807) is 24.3 Å². The summed E-state index contributed by atoms with van der Waals surface area (Å²) in [5.74, 6) is -1.59. The number of fused-ring (bicyclic) bond motifs is 1. The molecule has 0 aromatic heterocycles. The fraction of sp³-hybridized carbons (Fsp3) is 0.118. The van der Waals surface area contributed by atoms with Crippen molar-refractivity contribution in [3.05, 3.63) is 63.7 Å². The van der Waals surface area contributed by atoms with Crippen molar-refractivity contribution in [2.75, 3.05) is 19.0 Å². The molecule has 1 aliphatic heterocycles. The minimum Gasteiger partial charge on any atom is -0.497 e. The number of hydrogen-bond acceptors (Lipinski definition) is 6. The Labute approximate surface area is 147 Å². The van der Waals surface area contributed by atoms with Gasteiger partial charge in [-0.25, -0.2) is 0 Å². The molecule has 3 amide bonds. The SMILES string of the molecule is COc1ccc(NC(=O)CN2C(=O)c3cccc([N+](=O)[O-])c3C2=O)cc1. The number of benzene rings is 2. The first-order valence-corrected chi connectivity index (χ1v) is 7.50. The summed E-state index contributed by atoms with van der Waals surface area (Å²) in [6.07, 6.45) is 0. The van der Waals surface area contributed by atoms with Crippen molar-refractivity contribution >= 4 is 29.1 Å². The fourth-order valence-electron chi connectivity index (χ4n) is 2.63. The summed E-state index contributed by atoms with van der Waals surface area (Å²) >= 11 is 0. The topological polar surface area (TPSA) is 119 Å². The third kappa shape index (κ3) is 2.97. The van der Waals surface area contributed by atoms with Crippen LogP contribution >= 0.6 is 0 Å². The molecule has 0 saturated carbocycles. The van der Waals surface area contributed by atoms with Crippen LogP contribution in [0.5, 0.6) is 5.75 Å². The first kappa shape index (κ1) is 17.1. The molecule has 1 heterocycles. The molecule has 26 heavy (non-hydrogen) atoms. The van der Waals surface area contributed by atoms with Gasteiger partial charge < -0.3 is 10.1 Å². The summed E-state index contributed by atoms with van der Waals surface area (Å²) < 4.78 is 5.01. The van der Waals surface area contributed by atoms with E-state index in [-0.39, 0.29) is 11.1 Å². The Kier molecular flexibility index (Phi) is 4.36. The number of imide groups is 1. The molecule has 0 atom stereocenters. The highest BCUT2D eigenvalue weighted by atomic mass is 16.6. The molecule has 0 fully saturated rings. The molecule has 0 bridgehead atoms. The maximum absolute atomic E-state index is 12.4. The average molecular weight is 355 g/mol. The third-order valence-corrected chi connectivity index (χ3v) is 3.85. The van der Waals surface area contributed by atoms with E-state index < -0.39 is 34.9 Å². The van der Waals surface area contributed by atoms with Gasteiger partial charge in [0.15, 0.2) is 0 Å². The van der Waals surface area contributed by atoms with Gasteiger partial charge in [-0.3, -0.25) is 29.4 Å². The van der Waals surface area contributed by atoms with E-state index >= 15 is 0 Å². The van der Waals surface area contributed by atoms with Crippen molar-refractivity contribution in [3.63, 3.8) is 0 Å². The number of nitrogens with one attached hydrogen (secondary N) is 1. The number of amides is 3. The predicted octanol–water partition coefficient (Wildman–Crippen LogP) is 1.84. The Morgan fingerprint density at radius 1 is 1.15 bits per heavy atom. The lowest BCUT2D eigenvalue weighted by Gasteiger charge is -2.13. The molecule has 0 spiro atoms. The van der Waals surface area contributed by atoms with Crippen LogP contribution < -0.4 is 10.1 Å². The zero-order valence-corrected chi connectivity index (χ0v) is 13.6. The van der Waals surface area contributed by atoms with Crippen LogP contribution in [0.3, 0.4) is 0 Å². The quantitative estimate of drug-likeness (QED) is 0.496. The second kappa shape index (κ2) is 6.63. The van der Waals surface area contributed by atoms with E-state index in [4.69, 9.17) is 4.74 Å². The van der Waals surface area contributed by atoms with E-state index in [1.807, 2.05) is 0 Å². The van der Waals surface area contributed by atoms with Gasteiger partial charge in [0.25, 0.3) is 17.5 Å². The molecule has 0 unspecified atom stereocenters. The highest BCUT2D eigenvalue weighted by Gasteiger charge is 2.41. The number of nitrogens with zero attached hydrogens (tertiary/aromatic N) is 2. The molecular formula is C17H13N3O6. The molecular weight excluding hydrogens is 342 g/mol. The molecule has 0 radical (unpaired) electrons. The second-order valence-electron chi connectivity index (χ2n) is 5.43. The van der Waals surface area contributed by atoms with Gasteiger partial charge in [0.1, 0.15) is 17.9 Å². The molecule has 2 aromatic carbocycles. The fourth-order valence-corrected chi connectivity index (χ4v) is 2.63. The first-order valence-electron chi connectivity index (χ1n) is 7.50. The third-order valence-electron chi connectivity index (χ3n) is 3.85. The molecule has 1 aliphatic rings. The van der Waals surface area contributed by atoms with Gasteiger partial charge in [0.05, 0.1) is 17.6 Å². The molecule has 9 heteroatoms. The van der Waals surface area contributed by atoms with Crippen LogP contribution in [0.2, 0.25) is 0 Å². The van der Waals surface area contributed by atoms with Gasteiger partial charge in [-0.15, -0.1) is 0 Å². The van der Waals surface area contributed by atoms with Crippen LogP contribution in [0.25, 0.3) is 0 Å². The van der Waals surface area contributed by atoms with Crippen molar-refractivity contribution in [1.29, 1.82) is 0 Å². The lowest BCUT2D eigenvalue weighted by Crippen LogP contribution is -2.37. The number of nitro groups is 1. The number of hydrogen-bond donors (Lipinski definition) is 1. The maximum Gasteiger partial charge on any atom is 0.282 e. The van der Waals surface area contributed by atoms with Gasteiger partial charge in [-0.05, 0) is 30.3 Å². The van der Waals surface area contributed by atoms with Crippen LogP contribution in [-0.2, 0) is 4.79 Å². The van der Waals surface area contributed by atoms with Gasteiger partial charge in [-0.1, -0.05) is 6.07 Å². The van der Waals surface area contributed by atoms with E-state index in [9.17, 15) is 24.5 Å². The number of ether oxygens (including phenoxy) is 1. The first-order chi connectivity index (χ1) is 12.4. The van der Waals surface area contributed by atoms with Crippen molar-refractivity contribution in [1.82, 2.24) is 4.90 Å². The largest absolute Gasteiger partial charge is 0.497 e. The van der Waals surface area contributed by atoms with Gasteiger partial charge in [0, 0.05) is 11.8 Å². The molecule has 1 N–H and O–H groups in total. The minimum atomic E-state index is -0.859. The number of rotatable bonds is 5. The Balaban J connectivity index is 1.77. The Bertz CT molecular complexity index is 923. The average Bonchev–Trinajstić information content (AvgIpc) is 2.87. The maximum atomic E-state index is 12.4. The summed E-state index contributed by atoms with van der Waals surface area (Å²) in [6, 6.07) is 10.3. The van der Waals surface area contributed by atoms with Crippen LogP contribution in [0.1, 0.15) is 20.7 Å². The smallest absolute Gasteiger partial charge is 0.282 e. The summed E-state index contributed by atoms with van der Waals surface area (Å²) in [4.78, 5) is 47.9. The molecule has 0 aliphatic carbocycles. The standard InChI is InChI=1S/C17H13N3O6/c1-26-11-7-5-10(6-8-11)18-14(21)9-19-16(22)12-3-2-4-13(20(24)25)15(12)17(19)23/h2-8H,9H2,1H3,(H,18,21). The highest BCUT2D eigenvalue weighted by Crippen LogP contribution is 2.30. The molecule has 0 saturated heterocycles. The number of carbonyl (C=O) groups is 3. The van der Waals surface area contributed by atoms with Gasteiger partial charge >= 0.3 is 0 Å². The summed E-state index contributed by atoms with van der Waals surface area (Å²) in [6.45, 7) is -0.546. The van der Waals surface area contributed by atoms with E-state index in [0.717, 1.165) is 6.07 Å². The van der Waals surface area contributed by atoms with Crippen LogP contribution in [0.4, 0.5) is 11.4 Å². The Morgan fingerprint density at radius 3 is 2.46 bits per heavy atom. The predicted molar refractivity (Wildman–Crippen MR) is 90.1 cm³/mol. The number of anilines is 1. The molecule has 3 rings (SSSR count). The lowest BCUT2D eigenvalue weighted by atomic mass is 10.1. The zero-order chi connectivity index (χ0) is 18.8. The number of carbonyl (C=O) groups excluding carboxylic acids is 3. The molecule has 9 nitrogen and oxygen atoms in total. The zero-order valence-electron chi connectivity index (χ0n) is 13.6. The van der Waals surface area contributed by atoms with Crippen LogP contribution in [0.15, 0.2) is 42.5 Å². The van der Waals surface area contributed by atoms with Crippen LogP contribution in [0, 0.1) is 10.1 Å². The lowest BCUT2D eigenvalue weighted by molar-refractivity contribution is -0.385. The van der Waals surface area contributed by atoms with E-state index in [0.29, 0.717) is 16.3 Å². The summed E-state index contributed by atoms with van der Waals surface area (Å²) in [5.41, 5.74) is -0.376. The van der Waals surface area contributed by atoms with E-state index in [2.05, 4.69) is 5.32 Å². The van der Waals surface area contributed by atoms with Crippen molar-refractivity contribution in [3.8, 4) is 5.75 Å². The Hall–Kier alpha value is -3.75. The van der Waals surface area contributed by atoms with Gasteiger partial charge in [0.2, 0.25) is 5.91 Å². The summed E-state index contributed by atoms with van der Waals surface area (Å²) in [5, 5.41) is 13.6. The van der Waals surface area contributed by atoms with Crippen molar-refractivity contribution < 1.29 is 24.0 Å².